The van der Waals surface area contributed by atoms with Gasteiger partial charge in [0.15, 0.2) is 5.17 Å². The van der Waals surface area contributed by atoms with Crippen molar-refractivity contribution in [3.8, 4) is 0 Å². The number of hydrogen-bond acceptors (Lipinski definition) is 5. The van der Waals surface area contributed by atoms with E-state index in [-0.39, 0.29) is 16.4 Å². The number of thioether (sulfide) groups is 1. The number of benzene rings is 3. The lowest BCUT2D eigenvalue weighted by Crippen LogP contribution is -2.28. The number of carbonyl (C=O) groups is 1. The molecule has 162 valence electrons. The monoisotopic (exact) mass is 464 g/mol. The molecule has 0 bridgehead atoms. The van der Waals surface area contributed by atoms with Crippen molar-refractivity contribution in [3.63, 3.8) is 0 Å². The predicted octanol–water partition coefficient (Wildman–Crippen LogP) is 4.61. The van der Waals surface area contributed by atoms with Crippen molar-refractivity contribution < 1.29 is 17.8 Å². The van der Waals surface area contributed by atoms with E-state index in [9.17, 15) is 17.8 Å². The maximum atomic E-state index is 13.2. The molecule has 0 unspecified atom stereocenters. The zero-order valence-electron chi connectivity index (χ0n) is 17.0. The molecule has 6 nitrogen and oxygen atoms in total. The van der Waals surface area contributed by atoms with Gasteiger partial charge in [0, 0.05) is 0 Å². The zero-order chi connectivity index (χ0) is 22.6. The van der Waals surface area contributed by atoms with Crippen molar-refractivity contribution in [2.24, 2.45) is 4.99 Å². The van der Waals surface area contributed by atoms with Crippen molar-refractivity contribution in [2.45, 2.75) is 18.0 Å². The van der Waals surface area contributed by atoms with Crippen LogP contribution in [0.5, 0.6) is 0 Å². The summed E-state index contributed by atoms with van der Waals surface area (Å²) in [5, 5.41) is 0.540. The van der Waals surface area contributed by atoms with Gasteiger partial charge in [0.2, 0.25) is 0 Å². The Balaban J connectivity index is 1.70. The SMILES string of the molecule is O=C1C(=Cc2ccccc2S(=O)(=O)O)SC(=NCc2ccccc2)N1Cc1ccccc1. The van der Waals surface area contributed by atoms with E-state index in [1.54, 1.807) is 17.0 Å². The van der Waals surface area contributed by atoms with Gasteiger partial charge in [-0.25, -0.2) is 0 Å². The van der Waals surface area contributed by atoms with Gasteiger partial charge in [0.1, 0.15) is 4.90 Å². The van der Waals surface area contributed by atoms with E-state index in [1.165, 1.54) is 30.0 Å². The number of nitrogens with zero attached hydrogens (tertiary/aromatic N) is 2. The number of carbonyl (C=O) groups excluding carboxylic acids is 1. The molecule has 0 radical (unpaired) electrons. The second-order valence-electron chi connectivity index (χ2n) is 7.08. The van der Waals surface area contributed by atoms with Gasteiger partial charge in [0.25, 0.3) is 16.0 Å². The minimum absolute atomic E-state index is 0.245. The maximum Gasteiger partial charge on any atom is 0.295 e. The topological polar surface area (TPSA) is 87.0 Å². The highest BCUT2D eigenvalue weighted by atomic mass is 32.2. The summed E-state index contributed by atoms with van der Waals surface area (Å²) in [6.45, 7) is 0.758. The summed E-state index contributed by atoms with van der Waals surface area (Å²) < 4.78 is 33.0. The Hall–Kier alpha value is -3.20. The molecule has 1 aliphatic heterocycles. The molecule has 3 aromatic carbocycles. The summed E-state index contributed by atoms with van der Waals surface area (Å²) in [5.41, 5.74) is 2.21. The lowest BCUT2D eigenvalue weighted by Gasteiger charge is -2.15. The lowest BCUT2D eigenvalue weighted by molar-refractivity contribution is -0.122. The van der Waals surface area contributed by atoms with Crippen LogP contribution in [0.3, 0.4) is 0 Å². The van der Waals surface area contributed by atoms with Gasteiger partial charge in [-0.2, -0.15) is 8.42 Å². The molecule has 0 aromatic heterocycles. The Kier molecular flexibility index (Phi) is 6.55. The van der Waals surface area contributed by atoms with E-state index >= 15 is 0 Å². The highest BCUT2D eigenvalue weighted by Crippen LogP contribution is 2.35. The molecule has 0 aliphatic carbocycles. The van der Waals surface area contributed by atoms with Crippen molar-refractivity contribution in [1.82, 2.24) is 4.90 Å². The Morgan fingerprint density at radius 2 is 1.47 bits per heavy atom. The van der Waals surface area contributed by atoms with Crippen LogP contribution in [0.2, 0.25) is 0 Å². The maximum absolute atomic E-state index is 13.2. The van der Waals surface area contributed by atoms with E-state index in [0.29, 0.717) is 23.2 Å². The molecule has 32 heavy (non-hydrogen) atoms. The van der Waals surface area contributed by atoms with Crippen LogP contribution in [0, 0.1) is 0 Å². The third-order valence-electron chi connectivity index (χ3n) is 4.79. The average Bonchev–Trinajstić information content (AvgIpc) is 3.08. The fourth-order valence-corrected chi connectivity index (χ4v) is 4.89. The minimum Gasteiger partial charge on any atom is -0.282 e. The van der Waals surface area contributed by atoms with Crippen LogP contribution in [0.25, 0.3) is 6.08 Å². The molecule has 1 N–H and O–H groups in total. The van der Waals surface area contributed by atoms with Crippen LogP contribution in [0.15, 0.2) is 99.7 Å². The fourth-order valence-electron chi connectivity index (χ4n) is 3.25. The van der Waals surface area contributed by atoms with Gasteiger partial charge in [-0.15, -0.1) is 0 Å². The molecule has 0 spiro atoms. The third-order valence-corrected chi connectivity index (χ3v) is 6.77. The standard InChI is InChI=1S/C24H20N2O4S2/c27-23-21(15-20-13-7-8-14-22(20)32(28,29)30)31-24(25-16-18-9-3-1-4-10-18)26(23)17-19-11-5-2-6-12-19/h1-15H,16-17H2,(H,28,29,30). The van der Waals surface area contributed by atoms with Crippen LogP contribution in [-0.2, 0) is 28.0 Å². The molecule has 1 fully saturated rings. The molecule has 1 saturated heterocycles. The molecule has 1 amide bonds. The highest BCUT2D eigenvalue weighted by molar-refractivity contribution is 8.18. The van der Waals surface area contributed by atoms with Crippen molar-refractivity contribution in [3.05, 3.63) is 107 Å². The van der Waals surface area contributed by atoms with Gasteiger partial charge in [-0.1, -0.05) is 78.9 Å². The molecular formula is C24H20N2O4S2. The predicted molar refractivity (Wildman–Crippen MR) is 126 cm³/mol. The van der Waals surface area contributed by atoms with E-state index in [4.69, 9.17) is 0 Å². The molecule has 1 aliphatic rings. The first-order valence-electron chi connectivity index (χ1n) is 9.82. The molecule has 3 aromatic rings. The number of rotatable bonds is 6. The number of aliphatic imine (C=N–C) groups is 1. The molecule has 0 atom stereocenters. The van der Waals surface area contributed by atoms with E-state index in [2.05, 4.69) is 4.99 Å². The first-order valence-corrected chi connectivity index (χ1v) is 12.1. The molecule has 0 saturated carbocycles. The molecule has 8 heteroatoms. The van der Waals surface area contributed by atoms with Gasteiger partial charge < -0.3 is 0 Å². The van der Waals surface area contributed by atoms with E-state index in [1.807, 2.05) is 60.7 Å². The molecule has 4 rings (SSSR count). The molecule has 1 heterocycles. The Labute approximate surface area is 191 Å². The zero-order valence-corrected chi connectivity index (χ0v) is 18.6. The lowest BCUT2D eigenvalue weighted by atomic mass is 10.2. The summed E-state index contributed by atoms with van der Waals surface area (Å²) in [6, 6.07) is 25.3. The second kappa shape index (κ2) is 9.52. The number of hydrogen-bond donors (Lipinski definition) is 1. The Morgan fingerprint density at radius 1 is 0.875 bits per heavy atom. The minimum atomic E-state index is -4.42. The highest BCUT2D eigenvalue weighted by Gasteiger charge is 2.33. The summed E-state index contributed by atoms with van der Waals surface area (Å²) in [4.78, 5) is 19.6. The van der Waals surface area contributed by atoms with Crippen molar-refractivity contribution in [2.75, 3.05) is 0 Å². The number of amidine groups is 1. The first-order chi connectivity index (χ1) is 15.4. The summed E-state index contributed by atoms with van der Waals surface area (Å²) in [7, 11) is -4.42. The Morgan fingerprint density at radius 3 is 2.12 bits per heavy atom. The van der Waals surface area contributed by atoms with Gasteiger partial charge >= 0.3 is 0 Å². The van der Waals surface area contributed by atoms with Crippen molar-refractivity contribution >= 4 is 39.0 Å². The van der Waals surface area contributed by atoms with E-state index < -0.39 is 10.1 Å². The first kappa shape index (κ1) is 22.0. The number of amides is 1. The van der Waals surface area contributed by atoms with Crippen LogP contribution in [0.4, 0.5) is 0 Å². The fraction of sp³-hybridized carbons (Fsp3) is 0.0833. The summed E-state index contributed by atoms with van der Waals surface area (Å²) in [5.74, 6) is -0.268. The third kappa shape index (κ3) is 5.16. The second-order valence-corrected chi connectivity index (χ2v) is 9.48. The summed E-state index contributed by atoms with van der Waals surface area (Å²) in [6.07, 6.45) is 1.49. The van der Waals surface area contributed by atoms with Crippen LogP contribution in [0.1, 0.15) is 16.7 Å². The largest absolute Gasteiger partial charge is 0.295 e. The van der Waals surface area contributed by atoms with E-state index in [0.717, 1.165) is 11.1 Å². The van der Waals surface area contributed by atoms with Crippen molar-refractivity contribution in [1.29, 1.82) is 0 Å². The van der Waals surface area contributed by atoms with Gasteiger partial charge in [-0.3, -0.25) is 19.2 Å². The summed E-state index contributed by atoms with van der Waals surface area (Å²) >= 11 is 1.19. The van der Waals surface area contributed by atoms with Crippen LogP contribution in [-0.4, -0.2) is 28.9 Å². The quantitative estimate of drug-likeness (QED) is 0.425. The Bertz CT molecular complexity index is 1290. The van der Waals surface area contributed by atoms with Gasteiger partial charge in [-0.05, 0) is 40.6 Å². The normalized spacial score (nSPS) is 16.8. The van der Waals surface area contributed by atoms with Crippen LogP contribution < -0.4 is 0 Å². The molecular weight excluding hydrogens is 444 g/mol. The van der Waals surface area contributed by atoms with Crippen LogP contribution >= 0.6 is 11.8 Å². The smallest absolute Gasteiger partial charge is 0.282 e. The average molecular weight is 465 g/mol. The van der Waals surface area contributed by atoms with Gasteiger partial charge in [0.05, 0.1) is 18.0 Å².